The Morgan fingerprint density at radius 3 is 2.61 bits per heavy atom. The number of rotatable bonds is 5. The molecule has 0 aliphatic heterocycles. The highest BCUT2D eigenvalue weighted by Gasteiger charge is 2.20. The van der Waals surface area contributed by atoms with Crippen LogP contribution in [0.25, 0.3) is 0 Å². The van der Waals surface area contributed by atoms with Gasteiger partial charge in [0.05, 0.1) is 18.2 Å². The minimum absolute atomic E-state index is 0.130. The zero-order valence-electron chi connectivity index (χ0n) is 10.7. The van der Waals surface area contributed by atoms with Crippen LogP contribution in [0.2, 0.25) is 0 Å². The number of nitrogens with one attached hydrogen (secondary N) is 1. The van der Waals surface area contributed by atoms with Crippen LogP contribution < -0.4 is 5.32 Å². The molecule has 0 aliphatic rings. The summed E-state index contributed by atoms with van der Waals surface area (Å²) in [5, 5.41) is 2.63. The maximum Gasteiger partial charge on any atom is 0.254 e. The molecule has 0 radical (unpaired) electrons. The van der Waals surface area contributed by atoms with E-state index >= 15 is 0 Å². The molecule has 0 aromatic heterocycles. The number of benzene rings is 1. The molecule has 0 aliphatic carbocycles. The number of carbonyl (C=O) groups excluding carboxylic acids is 1. The van der Waals surface area contributed by atoms with Crippen molar-refractivity contribution in [3.8, 4) is 0 Å². The quantitative estimate of drug-likeness (QED) is 0.879. The number of hydrogen-bond acceptors (Lipinski definition) is 2. The first kappa shape index (κ1) is 14.6. The summed E-state index contributed by atoms with van der Waals surface area (Å²) in [7, 11) is 1.52. The van der Waals surface area contributed by atoms with E-state index in [-0.39, 0.29) is 17.5 Å². The van der Waals surface area contributed by atoms with Gasteiger partial charge in [0.2, 0.25) is 0 Å². The zero-order chi connectivity index (χ0) is 13.7. The molecule has 1 unspecified atom stereocenters. The number of carbonyl (C=O) groups is 1. The van der Waals surface area contributed by atoms with Crippen molar-refractivity contribution in [3.63, 3.8) is 0 Å². The molecule has 18 heavy (non-hydrogen) atoms. The summed E-state index contributed by atoms with van der Waals surface area (Å²) in [5.41, 5.74) is -0.295. The SMILES string of the molecule is COCC(NC(=O)c1cccc(F)c1F)C(C)C. The predicted octanol–water partition coefficient (Wildman–Crippen LogP) is 2.37. The molecular weight excluding hydrogens is 240 g/mol. The smallest absolute Gasteiger partial charge is 0.254 e. The highest BCUT2D eigenvalue weighted by molar-refractivity contribution is 5.94. The van der Waals surface area contributed by atoms with Gasteiger partial charge in [-0.05, 0) is 18.1 Å². The molecule has 0 spiro atoms. The Kier molecular flexibility index (Phi) is 5.22. The Hall–Kier alpha value is -1.49. The standard InChI is InChI=1S/C13H17F2NO2/c1-8(2)11(7-18-3)16-13(17)9-5-4-6-10(14)12(9)15/h4-6,8,11H,7H2,1-3H3,(H,16,17). The second-order valence-corrected chi connectivity index (χ2v) is 4.38. The fraction of sp³-hybridized carbons (Fsp3) is 0.462. The fourth-order valence-corrected chi connectivity index (χ4v) is 1.51. The van der Waals surface area contributed by atoms with E-state index in [1.165, 1.54) is 19.2 Å². The molecule has 0 saturated heterocycles. The second kappa shape index (κ2) is 6.44. The van der Waals surface area contributed by atoms with Crippen LogP contribution in [-0.2, 0) is 4.74 Å². The van der Waals surface area contributed by atoms with Gasteiger partial charge >= 0.3 is 0 Å². The van der Waals surface area contributed by atoms with Gasteiger partial charge in [0.15, 0.2) is 11.6 Å². The molecule has 5 heteroatoms. The molecule has 100 valence electrons. The maximum atomic E-state index is 13.4. The fourth-order valence-electron chi connectivity index (χ4n) is 1.51. The van der Waals surface area contributed by atoms with Gasteiger partial charge in [0, 0.05) is 7.11 Å². The number of halogens is 2. The normalized spacial score (nSPS) is 12.6. The first-order valence-electron chi connectivity index (χ1n) is 5.71. The first-order valence-corrected chi connectivity index (χ1v) is 5.71. The average molecular weight is 257 g/mol. The van der Waals surface area contributed by atoms with E-state index in [4.69, 9.17) is 4.74 Å². The van der Waals surface area contributed by atoms with Crippen LogP contribution in [0.4, 0.5) is 8.78 Å². The first-order chi connectivity index (χ1) is 8.47. The summed E-state index contributed by atoms with van der Waals surface area (Å²) in [5.74, 6) is -2.67. The molecular formula is C13H17F2NO2. The van der Waals surface area contributed by atoms with Crippen molar-refractivity contribution in [2.45, 2.75) is 19.9 Å². The number of methoxy groups -OCH3 is 1. The molecule has 1 aromatic rings. The predicted molar refractivity (Wildman–Crippen MR) is 64.3 cm³/mol. The monoisotopic (exact) mass is 257 g/mol. The van der Waals surface area contributed by atoms with Gasteiger partial charge in [0.1, 0.15) is 0 Å². The van der Waals surface area contributed by atoms with Crippen molar-refractivity contribution in [1.29, 1.82) is 0 Å². The molecule has 1 aromatic carbocycles. The molecule has 1 rings (SSSR count). The van der Waals surface area contributed by atoms with Crippen molar-refractivity contribution in [2.24, 2.45) is 5.92 Å². The Balaban J connectivity index is 2.84. The van der Waals surface area contributed by atoms with Crippen molar-refractivity contribution >= 4 is 5.91 Å². The summed E-state index contributed by atoms with van der Waals surface area (Å²) in [6.07, 6.45) is 0. The largest absolute Gasteiger partial charge is 0.383 e. The van der Waals surface area contributed by atoms with Crippen LogP contribution in [0.15, 0.2) is 18.2 Å². The lowest BCUT2D eigenvalue weighted by Gasteiger charge is -2.21. The van der Waals surface area contributed by atoms with Crippen LogP contribution in [0.1, 0.15) is 24.2 Å². The van der Waals surface area contributed by atoms with Crippen LogP contribution >= 0.6 is 0 Å². The lowest BCUT2D eigenvalue weighted by Crippen LogP contribution is -2.42. The van der Waals surface area contributed by atoms with Crippen molar-refractivity contribution < 1.29 is 18.3 Å². The Morgan fingerprint density at radius 1 is 1.39 bits per heavy atom. The third-order valence-corrected chi connectivity index (χ3v) is 2.66. The third-order valence-electron chi connectivity index (χ3n) is 2.66. The molecule has 1 N–H and O–H groups in total. The molecule has 0 heterocycles. The lowest BCUT2D eigenvalue weighted by molar-refractivity contribution is 0.0861. The van der Waals surface area contributed by atoms with Crippen LogP contribution in [0, 0.1) is 17.6 Å². The van der Waals surface area contributed by atoms with Gasteiger partial charge in [-0.3, -0.25) is 4.79 Å². The topological polar surface area (TPSA) is 38.3 Å². The van der Waals surface area contributed by atoms with Crippen LogP contribution in [0.5, 0.6) is 0 Å². The molecule has 1 atom stereocenters. The van der Waals surface area contributed by atoms with Gasteiger partial charge < -0.3 is 10.1 Å². The Labute approximate surface area is 105 Å². The Bertz CT molecular complexity index is 421. The third kappa shape index (κ3) is 3.50. The highest BCUT2D eigenvalue weighted by Crippen LogP contribution is 2.12. The summed E-state index contributed by atoms with van der Waals surface area (Å²) in [6, 6.07) is 3.28. The molecule has 0 fully saturated rings. The minimum atomic E-state index is -1.13. The van der Waals surface area contributed by atoms with E-state index in [2.05, 4.69) is 5.32 Å². The number of ether oxygens (including phenoxy) is 1. The highest BCUT2D eigenvalue weighted by atomic mass is 19.2. The number of hydrogen-bond donors (Lipinski definition) is 1. The lowest BCUT2D eigenvalue weighted by atomic mass is 10.0. The van der Waals surface area contributed by atoms with Gasteiger partial charge in [-0.15, -0.1) is 0 Å². The molecule has 0 bridgehead atoms. The van der Waals surface area contributed by atoms with Crippen molar-refractivity contribution in [2.75, 3.05) is 13.7 Å². The molecule has 0 saturated carbocycles. The van der Waals surface area contributed by atoms with E-state index in [0.717, 1.165) is 6.07 Å². The van der Waals surface area contributed by atoms with E-state index < -0.39 is 17.5 Å². The van der Waals surface area contributed by atoms with Crippen LogP contribution in [-0.4, -0.2) is 25.7 Å². The zero-order valence-corrected chi connectivity index (χ0v) is 10.7. The average Bonchev–Trinajstić information content (AvgIpc) is 2.31. The van der Waals surface area contributed by atoms with E-state index in [0.29, 0.717) is 6.61 Å². The summed E-state index contributed by atoms with van der Waals surface area (Å²) in [6.45, 7) is 4.14. The van der Waals surface area contributed by atoms with E-state index in [1.807, 2.05) is 13.8 Å². The van der Waals surface area contributed by atoms with Crippen molar-refractivity contribution in [1.82, 2.24) is 5.32 Å². The molecule has 3 nitrogen and oxygen atoms in total. The van der Waals surface area contributed by atoms with Gasteiger partial charge in [-0.1, -0.05) is 19.9 Å². The Morgan fingerprint density at radius 2 is 2.06 bits per heavy atom. The van der Waals surface area contributed by atoms with Crippen LogP contribution in [0.3, 0.4) is 0 Å². The number of amides is 1. The maximum absolute atomic E-state index is 13.4. The second-order valence-electron chi connectivity index (χ2n) is 4.38. The van der Waals surface area contributed by atoms with Gasteiger partial charge in [-0.25, -0.2) is 8.78 Å². The minimum Gasteiger partial charge on any atom is -0.383 e. The van der Waals surface area contributed by atoms with E-state index in [9.17, 15) is 13.6 Å². The van der Waals surface area contributed by atoms with Crippen molar-refractivity contribution in [3.05, 3.63) is 35.4 Å². The summed E-state index contributed by atoms with van der Waals surface area (Å²) in [4.78, 5) is 11.8. The summed E-state index contributed by atoms with van der Waals surface area (Å²) < 4.78 is 31.4. The van der Waals surface area contributed by atoms with Gasteiger partial charge in [-0.2, -0.15) is 0 Å². The summed E-state index contributed by atoms with van der Waals surface area (Å²) >= 11 is 0. The molecule has 1 amide bonds. The van der Waals surface area contributed by atoms with Gasteiger partial charge in [0.25, 0.3) is 5.91 Å². The van der Waals surface area contributed by atoms with E-state index in [1.54, 1.807) is 0 Å².